The Balaban J connectivity index is 1.99. The summed E-state index contributed by atoms with van der Waals surface area (Å²) in [5.41, 5.74) is 0.773. The molecule has 2 N–H and O–H groups in total. The van der Waals surface area contributed by atoms with Gasteiger partial charge in [0.15, 0.2) is 0 Å². The fourth-order valence-corrected chi connectivity index (χ4v) is 3.26. The minimum absolute atomic E-state index is 0.176. The molecule has 0 bridgehead atoms. The predicted molar refractivity (Wildman–Crippen MR) is 97.8 cm³/mol. The summed E-state index contributed by atoms with van der Waals surface area (Å²) in [5, 5.41) is 12.4. The monoisotopic (exact) mass is 345 g/mol. The average molecular weight is 345 g/mol. The van der Waals surface area contributed by atoms with E-state index in [0.717, 1.165) is 18.4 Å². The van der Waals surface area contributed by atoms with Crippen LogP contribution >= 0.6 is 0 Å². The first-order valence-electron chi connectivity index (χ1n) is 8.95. The van der Waals surface area contributed by atoms with E-state index in [9.17, 15) is 14.7 Å². The molecule has 6 heteroatoms. The number of amides is 1. The molecule has 0 spiro atoms. The number of aliphatic hydroxyl groups excluding tert-OH is 1. The van der Waals surface area contributed by atoms with Gasteiger partial charge in [-0.05, 0) is 36.3 Å². The van der Waals surface area contributed by atoms with Gasteiger partial charge in [-0.3, -0.25) is 4.57 Å². The van der Waals surface area contributed by atoms with E-state index >= 15 is 0 Å². The lowest BCUT2D eigenvalue weighted by atomic mass is 9.85. The lowest BCUT2D eigenvalue weighted by molar-refractivity contribution is 0.159. The lowest BCUT2D eigenvalue weighted by Gasteiger charge is -2.29. The van der Waals surface area contributed by atoms with Crippen LogP contribution in [0.5, 0.6) is 0 Å². The van der Waals surface area contributed by atoms with E-state index in [1.165, 1.54) is 11.0 Å². The molecule has 3 rings (SSSR count). The molecule has 1 amide bonds. The van der Waals surface area contributed by atoms with Gasteiger partial charge in [-0.15, -0.1) is 0 Å². The molecular formula is C19H27N3O3. The molecule has 0 saturated heterocycles. The number of benzene rings is 1. The lowest BCUT2D eigenvalue weighted by Crippen LogP contribution is -2.49. The molecule has 1 fully saturated rings. The van der Waals surface area contributed by atoms with Gasteiger partial charge in [0.2, 0.25) is 0 Å². The summed E-state index contributed by atoms with van der Waals surface area (Å²) in [5.74, 6) is 0.514. The van der Waals surface area contributed by atoms with E-state index in [1.807, 2.05) is 39.0 Å². The maximum absolute atomic E-state index is 12.9. The highest BCUT2D eigenvalue weighted by molar-refractivity contribution is 5.89. The smallest absolute Gasteiger partial charge is 0.337 e. The number of carbonyl (C=O) groups excluding carboxylic acids is 1. The van der Waals surface area contributed by atoms with E-state index in [0.29, 0.717) is 18.0 Å². The van der Waals surface area contributed by atoms with Gasteiger partial charge < -0.3 is 10.4 Å². The third kappa shape index (κ3) is 3.35. The summed E-state index contributed by atoms with van der Waals surface area (Å²) in [4.78, 5) is 25.7. The molecule has 1 aliphatic rings. The first-order valence-corrected chi connectivity index (χ1v) is 8.95. The number of carbonyl (C=O) groups is 1. The van der Waals surface area contributed by atoms with Gasteiger partial charge in [0, 0.05) is 6.54 Å². The number of nitrogens with zero attached hydrogens (tertiary/aromatic N) is 2. The Kier molecular flexibility index (Phi) is 4.73. The Hall–Kier alpha value is -2.08. The van der Waals surface area contributed by atoms with Gasteiger partial charge in [-0.1, -0.05) is 39.3 Å². The molecule has 1 saturated carbocycles. The number of aromatic nitrogens is 2. The van der Waals surface area contributed by atoms with Gasteiger partial charge in [0.25, 0.3) is 0 Å². The maximum atomic E-state index is 12.9. The maximum Gasteiger partial charge on any atom is 0.337 e. The van der Waals surface area contributed by atoms with Crippen LogP contribution in [0, 0.1) is 11.3 Å². The Morgan fingerprint density at radius 3 is 2.44 bits per heavy atom. The number of fused-ring (bicyclic) bond motifs is 1. The zero-order chi connectivity index (χ0) is 18.2. The highest BCUT2D eigenvalue weighted by Gasteiger charge is 2.28. The number of hydrogen-bond acceptors (Lipinski definition) is 3. The van der Waals surface area contributed by atoms with Crippen LogP contribution in [0.4, 0.5) is 4.79 Å². The normalized spacial score (nSPS) is 16.6. The van der Waals surface area contributed by atoms with Crippen molar-refractivity contribution < 1.29 is 9.90 Å². The Bertz CT molecular complexity index is 825. The van der Waals surface area contributed by atoms with Crippen molar-refractivity contribution in [3.63, 3.8) is 0 Å². The van der Waals surface area contributed by atoms with Crippen molar-refractivity contribution in [3.8, 4) is 0 Å². The SMILES string of the molecule is CC(C)(C)[C@@H](CO)NC(=O)n1c(=O)n(CC2CCC2)c2ccccc21. The van der Waals surface area contributed by atoms with Crippen LogP contribution in [0.2, 0.25) is 0 Å². The van der Waals surface area contributed by atoms with E-state index in [2.05, 4.69) is 5.32 Å². The first kappa shape index (κ1) is 17.7. The number of para-hydroxylation sites is 2. The van der Waals surface area contributed by atoms with Crippen molar-refractivity contribution in [2.45, 2.75) is 52.6 Å². The standard InChI is InChI=1S/C19H27N3O3/c1-19(2,3)16(12-23)20-17(24)22-15-10-5-4-9-14(15)21(18(22)25)11-13-7-6-8-13/h4-5,9-10,13,16,23H,6-8,11-12H2,1-3H3,(H,20,24)/t16-/m1/s1. The van der Waals surface area contributed by atoms with Crippen molar-refractivity contribution in [3.05, 3.63) is 34.7 Å². The zero-order valence-electron chi connectivity index (χ0n) is 15.2. The van der Waals surface area contributed by atoms with E-state index in [1.54, 1.807) is 10.6 Å². The molecule has 1 atom stereocenters. The van der Waals surface area contributed by atoms with Crippen molar-refractivity contribution in [2.75, 3.05) is 6.61 Å². The quantitative estimate of drug-likeness (QED) is 0.894. The summed E-state index contributed by atoms with van der Waals surface area (Å²) in [6.45, 7) is 6.30. The highest BCUT2D eigenvalue weighted by atomic mass is 16.3. The van der Waals surface area contributed by atoms with Gasteiger partial charge in [-0.25, -0.2) is 14.2 Å². The molecule has 0 aliphatic heterocycles. The zero-order valence-corrected chi connectivity index (χ0v) is 15.2. The number of aliphatic hydroxyl groups is 1. The number of rotatable bonds is 4. The topological polar surface area (TPSA) is 76.3 Å². The summed E-state index contributed by atoms with van der Waals surface area (Å²) in [6, 6.07) is 6.47. The largest absolute Gasteiger partial charge is 0.394 e. The highest BCUT2D eigenvalue weighted by Crippen LogP contribution is 2.28. The van der Waals surface area contributed by atoms with Crippen LogP contribution in [0.25, 0.3) is 11.0 Å². The molecule has 0 unspecified atom stereocenters. The molecule has 25 heavy (non-hydrogen) atoms. The summed E-state index contributed by atoms with van der Waals surface area (Å²) in [6.07, 6.45) is 3.48. The van der Waals surface area contributed by atoms with Gasteiger partial charge in [0.05, 0.1) is 23.7 Å². The van der Waals surface area contributed by atoms with E-state index in [-0.39, 0.29) is 17.7 Å². The first-order chi connectivity index (χ1) is 11.8. The summed E-state index contributed by atoms with van der Waals surface area (Å²) in [7, 11) is 0. The van der Waals surface area contributed by atoms with Crippen LogP contribution < -0.4 is 11.0 Å². The number of hydrogen-bond donors (Lipinski definition) is 2. The van der Waals surface area contributed by atoms with Crippen LogP contribution in [-0.2, 0) is 6.54 Å². The second kappa shape index (κ2) is 6.67. The van der Waals surface area contributed by atoms with Gasteiger partial charge in [-0.2, -0.15) is 0 Å². The molecule has 136 valence electrons. The van der Waals surface area contributed by atoms with E-state index < -0.39 is 12.1 Å². The molecule has 0 radical (unpaired) electrons. The van der Waals surface area contributed by atoms with Crippen LogP contribution in [0.15, 0.2) is 29.1 Å². The van der Waals surface area contributed by atoms with E-state index in [4.69, 9.17) is 0 Å². The number of nitrogens with one attached hydrogen (secondary N) is 1. The van der Waals surface area contributed by atoms with Crippen LogP contribution in [0.3, 0.4) is 0 Å². The Morgan fingerprint density at radius 2 is 1.92 bits per heavy atom. The molecule has 1 aliphatic carbocycles. The van der Waals surface area contributed by atoms with Crippen molar-refractivity contribution in [2.24, 2.45) is 11.3 Å². The average Bonchev–Trinajstić information content (AvgIpc) is 2.79. The molecule has 2 aromatic rings. The summed E-state index contributed by atoms with van der Waals surface area (Å²) < 4.78 is 2.91. The van der Waals surface area contributed by atoms with Crippen LogP contribution in [0.1, 0.15) is 40.0 Å². The fourth-order valence-electron chi connectivity index (χ4n) is 3.26. The molecular weight excluding hydrogens is 318 g/mol. The molecule has 1 aromatic carbocycles. The van der Waals surface area contributed by atoms with Crippen LogP contribution in [-0.4, -0.2) is 32.9 Å². The Morgan fingerprint density at radius 1 is 1.28 bits per heavy atom. The molecule has 1 heterocycles. The second-order valence-corrected chi connectivity index (χ2v) is 8.06. The second-order valence-electron chi connectivity index (χ2n) is 8.06. The van der Waals surface area contributed by atoms with Crippen molar-refractivity contribution in [1.29, 1.82) is 0 Å². The fraction of sp³-hybridized carbons (Fsp3) is 0.579. The predicted octanol–water partition coefficient (Wildman–Crippen LogP) is 2.57. The molecule has 1 aromatic heterocycles. The minimum Gasteiger partial charge on any atom is -0.394 e. The van der Waals surface area contributed by atoms with Crippen molar-refractivity contribution in [1.82, 2.24) is 14.5 Å². The number of imidazole rings is 1. The minimum atomic E-state index is -0.484. The molecule has 6 nitrogen and oxygen atoms in total. The summed E-state index contributed by atoms with van der Waals surface area (Å²) >= 11 is 0. The van der Waals surface area contributed by atoms with Gasteiger partial charge in [0.1, 0.15) is 0 Å². The van der Waals surface area contributed by atoms with Crippen molar-refractivity contribution >= 4 is 17.1 Å². The third-order valence-electron chi connectivity index (χ3n) is 5.23. The Labute approximate surface area is 147 Å². The third-order valence-corrected chi connectivity index (χ3v) is 5.23. The van der Waals surface area contributed by atoms with Gasteiger partial charge >= 0.3 is 11.7 Å².